The molecule has 3 rings (SSSR count). The van der Waals surface area contributed by atoms with E-state index >= 15 is 0 Å². The van der Waals surface area contributed by atoms with Crippen molar-refractivity contribution in [3.8, 4) is 0 Å². The summed E-state index contributed by atoms with van der Waals surface area (Å²) >= 11 is 0. The highest BCUT2D eigenvalue weighted by Gasteiger charge is 2.16. The molecule has 1 aliphatic carbocycles. The largest absolute Gasteiger partial charge is 0.478 e. The lowest BCUT2D eigenvalue weighted by molar-refractivity contribution is 0.0696. The number of carboxylic acids is 1. The molecule has 0 saturated heterocycles. The molecule has 1 N–H and O–H groups in total. The molecular weight excluding hydrogens is 267 g/mol. The van der Waals surface area contributed by atoms with Gasteiger partial charge in [-0.15, -0.1) is 0 Å². The van der Waals surface area contributed by atoms with Crippen LogP contribution in [-0.4, -0.2) is 11.1 Å². The van der Waals surface area contributed by atoms with Crippen molar-refractivity contribution in [1.82, 2.24) is 0 Å². The Balaban J connectivity index is 2.01. The lowest BCUT2D eigenvalue weighted by Crippen LogP contribution is -2.09. The van der Waals surface area contributed by atoms with Gasteiger partial charge in [-0.05, 0) is 72.6 Å². The molecule has 0 heterocycles. The van der Waals surface area contributed by atoms with Gasteiger partial charge >= 0.3 is 5.97 Å². The van der Waals surface area contributed by atoms with Gasteiger partial charge in [0.25, 0.3) is 0 Å². The standard InChI is InChI=1S/C18H17FO2/c19-15-8-9-17(18(20)21)14(11-15)10-13-6-3-5-12-4-1-2-7-16(12)13/h3,5-6,8-9,11H,1-2,4,7,10H2,(H,20,21). The number of aromatic carboxylic acids is 1. The van der Waals surface area contributed by atoms with E-state index < -0.39 is 5.97 Å². The second-order valence-electron chi connectivity index (χ2n) is 5.55. The Bertz CT molecular complexity index is 692. The molecule has 0 aromatic heterocycles. The fourth-order valence-corrected chi connectivity index (χ4v) is 3.15. The maximum atomic E-state index is 13.5. The van der Waals surface area contributed by atoms with Crippen molar-refractivity contribution in [1.29, 1.82) is 0 Å². The smallest absolute Gasteiger partial charge is 0.335 e. The Labute approximate surface area is 123 Å². The minimum absolute atomic E-state index is 0.185. The van der Waals surface area contributed by atoms with Crippen LogP contribution in [0.1, 0.15) is 45.5 Å². The number of halogens is 1. The Hall–Kier alpha value is -2.16. The van der Waals surface area contributed by atoms with E-state index in [1.807, 2.05) is 12.1 Å². The van der Waals surface area contributed by atoms with Crippen molar-refractivity contribution >= 4 is 5.97 Å². The predicted molar refractivity (Wildman–Crippen MR) is 79.2 cm³/mol. The Kier molecular flexibility index (Phi) is 3.74. The average Bonchev–Trinajstić information content (AvgIpc) is 2.47. The molecule has 21 heavy (non-hydrogen) atoms. The number of aryl methyl sites for hydroxylation is 1. The van der Waals surface area contributed by atoms with Crippen LogP contribution < -0.4 is 0 Å². The van der Waals surface area contributed by atoms with Crippen molar-refractivity contribution < 1.29 is 14.3 Å². The highest BCUT2D eigenvalue weighted by Crippen LogP contribution is 2.27. The highest BCUT2D eigenvalue weighted by molar-refractivity contribution is 5.89. The summed E-state index contributed by atoms with van der Waals surface area (Å²) in [5.41, 5.74) is 4.53. The molecular formula is C18H17FO2. The predicted octanol–water partition coefficient (Wildman–Crippen LogP) is 3.99. The Morgan fingerprint density at radius 3 is 2.71 bits per heavy atom. The van der Waals surface area contributed by atoms with Crippen LogP contribution in [0.5, 0.6) is 0 Å². The molecule has 1 aliphatic rings. The van der Waals surface area contributed by atoms with Crippen molar-refractivity contribution in [3.05, 3.63) is 70.0 Å². The zero-order valence-electron chi connectivity index (χ0n) is 11.7. The van der Waals surface area contributed by atoms with Crippen molar-refractivity contribution in [2.45, 2.75) is 32.1 Å². The first-order valence-electron chi connectivity index (χ1n) is 7.26. The van der Waals surface area contributed by atoms with Crippen LogP contribution in [0, 0.1) is 5.82 Å². The van der Waals surface area contributed by atoms with Gasteiger partial charge < -0.3 is 5.11 Å². The van der Waals surface area contributed by atoms with Gasteiger partial charge in [0.05, 0.1) is 5.56 Å². The summed E-state index contributed by atoms with van der Waals surface area (Å²) in [5.74, 6) is -1.39. The van der Waals surface area contributed by atoms with E-state index in [0.717, 1.165) is 18.4 Å². The first-order valence-corrected chi connectivity index (χ1v) is 7.26. The van der Waals surface area contributed by atoms with Crippen LogP contribution in [0.3, 0.4) is 0 Å². The first kappa shape index (κ1) is 13.8. The Morgan fingerprint density at radius 2 is 1.90 bits per heavy atom. The third-order valence-corrected chi connectivity index (χ3v) is 4.17. The topological polar surface area (TPSA) is 37.3 Å². The quantitative estimate of drug-likeness (QED) is 0.925. The van der Waals surface area contributed by atoms with Crippen LogP contribution in [0.15, 0.2) is 36.4 Å². The number of fused-ring (bicyclic) bond motifs is 1. The van der Waals surface area contributed by atoms with Gasteiger partial charge in [-0.1, -0.05) is 18.2 Å². The van der Waals surface area contributed by atoms with Gasteiger partial charge in [0.1, 0.15) is 5.82 Å². The third kappa shape index (κ3) is 2.82. The second-order valence-corrected chi connectivity index (χ2v) is 5.55. The van der Waals surface area contributed by atoms with Gasteiger partial charge in [0.2, 0.25) is 0 Å². The lowest BCUT2D eigenvalue weighted by atomic mass is 9.86. The highest BCUT2D eigenvalue weighted by atomic mass is 19.1. The minimum Gasteiger partial charge on any atom is -0.478 e. The van der Waals surface area contributed by atoms with Crippen LogP contribution in [-0.2, 0) is 19.3 Å². The van der Waals surface area contributed by atoms with E-state index in [1.165, 1.54) is 42.2 Å². The first-order chi connectivity index (χ1) is 10.1. The minimum atomic E-state index is -1.00. The summed E-state index contributed by atoms with van der Waals surface area (Å²) in [4.78, 5) is 11.3. The van der Waals surface area contributed by atoms with Crippen LogP contribution >= 0.6 is 0 Å². The monoisotopic (exact) mass is 284 g/mol. The summed E-state index contributed by atoms with van der Waals surface area (Å²) in [6.45, 7) is 0. The molecule has 3 heteroatoms. The fourth-order valence-electron chi connectivity index (χ4n) is 3.15. The molecule has 0 atom stereocenters. The number of rotatable bonds is 3. The molecule has 0 spiro atoms. The van der Waals surface area contributed by atoms with E-state index in [9.17, 15) is 14.3 Å². The summed E-state index contributed by atoms with van der Waals surface area (Å²) in [5, 5.41) is 9.25. The maximum absolute atomic E-state index is 13.5. The molecule has 2 aromatic rings. The molecule has 108 valence electrons. The van der Waals surface area contributed by atoms with E-state index in [1.54, 1.807) is 0 Å². The summed E-state index contributed by atoms with van der Waals surface area (Å²) in [6.07, 6.45) is 4.96. The zero-order chi connectivity index (χ0) is 14.8. The molecule has 2 aromatic carbocycles. The van der Waals surface area contributed by atoms with Crippen molar-refractivity contribution in [2.75, 3.05) is 0 Å². The van der Waals surface area contributed by atoms with Gasteiger partial charge in [0, 0.05) is 0 Å². The second kappa shape index (κ2) is 5.68. The van der Waals surface area contributed by atoms with Gasteiger partial charge in [-0.25, -0.2) is 9.18 Å². The third-order valence-electron chi connectivity index (χ3n) is 4.17. The molecule has 2 nitrogen and oxygen atoms in total. The van der Waals surface area contributed by atoms with E-state index in [-0.39, 0.29) is 11.4 Å². The number of benzene rings is 2. The molecule has 0 radical (unpaired) electrons. The van der Waals surface area contributed by atoms with Crippen LogP contribution in [0.4, 0.5) is 4.39 Å². The van der Waals surface area contributed by atoms with Gasteiger partial charge in [-0.2, -0.15) is 0 Å². The fraction of sp³-hybridized carbons (Fsp3) is 0.278. The van der Waals surface area contributed by atoms with Crippen LogP contribution in [0.25, 0.3) is 0 Å². The molecule has 0 fully saturated rings. The van der Waals surface area contributed by atoms with Crippen LogP contribution in [0.2, 0.25) is 0 Å². The summed E-state index contributed by atoms with van der Waals surface area (Å²) in [6, 6.07) is 10.1. The number of hydrogen-bond acceptors (Lipinski definition) is 1. The maximum Gasteiger partial charge on any atom is 0.335 e. The number of hydrogen-bond donors (Lipinski definition) is 1. The van der Waals surface area contributed by atoms with E-state index in [0.29, 0.717) is 12.0 Å². The number of carbonyl (C=O) groups is 1. The normalized spacial score (nSPS) is 13.8. The number of carboxylic acid groups (broad SMARTS) is 1. The molecule has 0 aliphatic heterocycles. The van der Waals surface area contributed by atoms with Crippen molar-refractivity contribution in [3.63, 3.8) is 0 Å². The zero-order valence-corrected chi connectivity index (χ0v) is 11.7. The average molecular weight is 284 g/mol. The van der Waals surface area contributed by atoms with E-state index in [2.05, 4.69) is 6.07 Å². The lowest BCUT2D eigenvalue weighted by Gasteiger charge is -2.19. The molecule has 0 saturated carbocycles. The summed E-state index contributed by atoms with van der Waals surface area (Å²) in [7, 11) is 0. The van der Waals surface area contributed by atoms with E-state index in [4.69, 9.17) is 0 Å². The summed E-state index contributed by atoms with van der Waals surface area (Å²) < 4.78 is 13.5. The Morgan fingerprint density at radius 1 is 1.10 bits per heavy atom. The SMILES string of the molecule is O=C(O)c1ccc(F)cc1Cc1cccc2c1CCCC2. The molecule has 0 amide bonds. The van der Waals surface area contributed by atoms with Crippen molar-refractivity contribution in [2.24, 2.45) is 0 Å². The molecule has 0 bridgehead atoms. The van der Waals surface area contributed by atoms with Gasteiger partial charge in [-0.3, -0.25) is 0 Å². The van der Waals surface area contributed by atoms with Gasteiger partial charge in [0.15, 0.2) is 0 Å². The molecule has 0 unspecified atom stereocenters.